The SMILES string of the molecule is CC(=O)Nc1cc(C(C)O)ccc1F. The summed E-state index contributed by atoms with van der Waals surface area (Å²) in [6, 6.07) is 4.11. The molecule has 0 fully saturated rings. The summed E-state index contributed by atoms with van der Waals surface area (Å²) in [5.74, 6) is -0.851. The van der Waals surface area contributed by atoms with Crippen LogP contribution in [0, 0.1) is 5.82 Å². The van der Waals surface area contributed by atoms with E-state index in [1.807, 2.05) is 0 Å². The molecule has 1 amide bonds. The average Bonchev–Trinajstić information content (AvgIpc) is 2.07. The Bertz CT molecular complexity index is 350. The molecule has 0 aliphatic carbocycles. The van der Waals surface area contributed by atoms with Crippen LogP contribution in [0.15, 0.2) is 18.2 Å². The van der Waals surface area contributed by atoms with Gasteiger partial charge in [-0.1, -0.05) is 6.07 Å². The number of rotatable bonds is 2. The van der Waals surface area contributed by atoms with E-state index in [1.165, 1.54) is 25.1 Å². The second kappa shape index (κ2) is 4.19. The monoisotopic (exact) mass is 197 g/mol. The van der Waals surface area contributed by atoms with Crippen molar-refractivity contribution in [2.75, 3.05) is 5.32 Å². The molecule has 1 rings (SSSR count). The number of carbonyl (C=O) groups excluding carboxylic acids is 1. The lowest BCUT2D eigenvalue weighted by Crippen LogP contribution is -2.08. The Labute approximate surface area is 81.6 Å². The lowest BCUT2D eigenvalue weighted by Gasteiger charge is -2.08. The normalized spacial score (nSPS) is 12.3. The topological polar surface area (TPSA) is 49.3 Å². The van der Waals surface area contributed by atoms with E-state index in [2.05, 4.69) is 5.32 Å². The summed E-state index contributed by atoms with van der Waals surface area (Å²) in [5.41, 5.74) is 0.658. The fraction of sp³-hybridized carbons (Fsp3) is 0.300. The molecule has 0 aliphatic rings. The summed E-state index contributed by atoms with van der Waals surface area (Å²) < 4.78 is 13.1. The summed E-state index contributed by atoms with van der Waals surface area (Å²) in [6.45, 7) is 2.87. The van der Waals surface area contributed by atoms with Crippen LogP contribution in [0.4, 0.5) is 10.1 Å². The van der Waals surface area contributed by atoms with Gasteiger partial charge in [0, 0.05) is 6.92 Å². The number of aliphatic hydroxyl groups is 1. The van der Waals surface area contributed by atoms with Crippen LogP contribution in [-0.2, 0) is 4.79 Å². The minimum Gasteiger partial charge on any atom is -0.389 e. The highest BCUT2D eigenvalue weighted by atomic mass is 19.1. The molecular weight excluding hydrogens is 185 g/mol. The molecule has 4 heteroatoms. The Balaban J connectivity index is 3.02. The van der Waals surface area contributed by atoms with E-state index >= 15 is 0 Å². The summed E-state index contributed by atoms with van der Waals surface area (Å²) in [4.78, 5) is 10.7. The molecule has 3 nitrogen and oxygen atoms in total. The molecule has 1 atom stereocenters. The minimum atomic E-state index is -0.678. The van der Waals surface area contributed by atoms with Crippen molar-refractivity contribution >= 4 is 11.6 Å². The van der Waals surface area contributed by atoms with Crippen LogP contribution in [0.5, 0.6) is 0 Å². The number of anilines is 1. The van der Waals surface area contributed by atoms with E-state index in [4.69, 9.17) is 0 Å². The average molecular weight is 197 g/mol. The number of halogens is 1. The van der Waals surface area contributed by atoms with Crippen LogP contribution in [-0.4, -0.2) is 11.0 Å². The molecule has 0 saturated carbocycles. The predicted molar refractivity (Wildman–Crippen MR) is 51.3 cm³/mol. The number of aliphatic hydroxyl groups excluding tert-OH is 1. The third kappa shape index (κ3) is 2.53. The third-order valence-corrected chi connectivity index (χ3v) is 1.78. The highest BCUT2D eigenvalue weighted by Gasteiger charge is 2.07. The van der Waals surface area contributed by atoms with E-state index in [1.54, 1.807) is 6.92 Å². The van der Waals surface area contributed by atoms with Gasteiger partial charge in [-0.15, -0.1) is 0 Å². The molecule has 0 spiro atoms. The lowest BCUT2D eigenvalue weighted by atomic mass is 10.1. The summed E-state index contributed by atoms with van der Waals surface area (Å²) >= 11 is 0. The fourth-order valence-electron chi connectivity index (χ4n) is 1.09. The first kappa shape index (κ1) is 10.7. The van der Waals surface area contributed by atoms with Crippen LogP contribution < -0.4 is 5.32 Å². The van der Waals surface area contributed by atoms with E-state index in [-0.39, 0.29) is 11.6 Å². The summed E-state index contributed by atoms with van der Waals surface area (Å²) in [6.07, 6.45) is -0.678. The van der Waals surface area contributed by atoms with E-state index in [9.17, 15) is 14.3 Å². The van der Waals surface area contributed by atoms with Gasteiger partial charge in [-0.05, 0) is 24.6 Å². The Morgan fingerprint density at radius 3 is 2.71 bits per heavy atom. The molecule has 0 bridgehead atoms. The summed E-state index contributed by atoms with van der Waals surface area (Å²) in [7, 11) is 0. The number of hydrogen-bond donors (Lipinski definition) is 2. The maximum atomic E-state index is 13.1. The number of nitrogens with one attached hydrogen (secondary N) is 1. The molecule has 14 heavy (non-hydrogen) atoms. The number of benzene rings is 1. The predicted octanol–water partition coefficient (Wildman–Crippen LogP) is 1.84. The first-order chi connectivity index (χ1) is 6.50. The van der Waals surface area contributed by atoms with Crippen molar-refractivity contribution in [2.24, 2.45) is 0 Å². The zero-order chi connectivity index (χ0) is 10.7. The standard InChI is InChI=1S/C10H12FNO2/c1-6(13)8-3-4-9(11)10(5-8)12-7(2)14/h3-6,13H,1-2H3,(H,12,14). The van der Waals surface area contributed by atoms with Gasteiger partial charge in [0.05, 0.1) is 11.8 Å². The first-order valence-corrected chi connectivity index (χ1v) is 4.26. The van der Waals surface area contributed by atoms with Gasteiger partial charge in [-0.25, -0.2) is 4.39 Å². The quantitative estimate of drug-likeness (QED) is 0.760. The van der Waals surface area contributed by atoms with E-state index < -0.39 is 11.9 Å². The number of hydrogen-bond acceptors (Lipinski definition) is 2. The van der Waals surface area contributed by atoms with E-state index in [0.29, 0.717) is 5.56 Å². The maximum Gasteiger partial charge on any atom is 0.221 e. The van der Waals surface area contributed by atoms with Gasteiger partial charge in [-0.3, -0.25) is 4.79 Å². The smallest absolute Gasteiger partial charge is 0.221 e. The molecule has 0 aromatic heterocycles. The van der Waals surface area contributed by atoms with Crippen LogP contribution >= 0.6 is 0 Å². The summed E-state index contributed by atoms with van der Waals surface area (Å²) in [5, 5.41) is 11.6. The van der Waals surface area contributed by atoms with Crippen LogP contribution in [0.25, 0.3) is 0 Å². The van der Waals surface area contributed by atoms with Crippen LogP contribution in [0.3, 0.4) is 0 Å². The van der Waals surface area contributed by atoms with Crippen molar-refractivity contribution in [2.45, 2.75) is 20.0 Å². The highest BCUT2D eigenvalue weighted by molar-refractivity contribution is 5.88. The van der Waals surface area contributed by atoms with Crippen molar-refractivity contribution in [3.05, 3.63) is 29.6 Å². The highest BCUT2D eigenvalue weighted by Crippen LogP contribution is 2.20. The van der Waals surface area contributed by atoms with Gasteiger partial charge in [0.25, 0.3) is 0 Å². The Hall–Kier alpha value is -1.42. The van der Waals surface area contributed by atoms with Crippen molar-refractivity contribution in [3.63, 3.8) is 0 Å². The van der Waals surface area contributed by atoms with E-state index in [0.717, 1.165) is 0 Å². The number of amides is 1. The second-order valence-corrected chi connectivity index (χ2v) is 3.10. The molecule has 0 heterocycles. The van der Waals surface area contributed by atoms with Crippen molar-refractivity contribution in [1.29, 1.82) is 0 Å². The van der Waals surface area contributed by atoms with Gasteiger partial charge in [0.2, 0.25) is 5.91 Å². The van der Waals surface area contributed by atoms with Gasteiger partial charge < -0.3 is 10.4 Å². The number of carbonyl (C=O) groups is 1. The van der Waals surface area contributed by atoms with Crippen LogP contribution in [0.1, 0.15) is 25.5 Å². The van der Waals surface area contributed by atoms with Gasteiger partial charge in [-0.2, -0.15) is 0 Å². The Kier molecular flexibility index (Phi) is 3.19. The molecule has 76 valence electrons. The molecule has 1 aromatic carbocycles. The molecule has 0 aliphatic heterocycles. The lowest BCUT2D eigenvalue weighted by molar-refractivity contribution is -0.114. The van der Waals surface area contributed by atoms with Crippen LogP contribution in [0.2, 0.25) is 0 Å². The Morgan fingerprint density at radius 2 is 2.21 bits per heavy atom. The molecule has 2 N–H and O–H groups in total. The second-order valence-electron chi connectivity index (χ2n) is 3.10. The van der Waals surface area contributed by atoms with Gasteiger partial charge in [0.1, 0.15) is 5.82 Å². The fourth-order valence-corrected chi connectivity index (χ4v) is 1.09. The Morgan fingerprint density at radius 1 is 1.57 bits per heavy atom. The van der Waals surface area contributed by atoms with Crippen molar-refractivity contribution in [1.82, 2.24) is 0 Å². The van der Waals surface area contributed by atoms with Gasteiger partial charge >= 0.3 is 0 Å². The zero-order valence-electron chi connectivity index (χ0n) is 8.04. The first-order valence-electron chi connectivity index (χ1n) is 4.26. The maximum absolute atomic E-state index is 13.1. The van der Waals surface area contributed by atoms with Crippen molar-refractivity contribution in [3.8, 4) is 0 Å². The molecule has 0 saturated heterocycles. The van der Waals surface area contributed by atoms with Gasteiger partial charge in [0.15, 0.2) is 0 Å². The minimum absolute atomic E-state index is 0.0934. The molecule has 1 unspecified atom stereocenters. The molecular formula is C10H12FNO2. The zero-order valence-corrected chi connectivity index (χ0v) is 8.04. The molecule has 0 radical (unpaired) electrons. The molecule has 1 aromatic rings. The van der Waals surface area contributed by atoms with Crippen molar-refractivity contribution < 1.29 is 14.3 Å². The third-order valence-electron chi connectivity index (χ3n) is 1.78. The largest absolute Gasteiger partial charge is 0.389 e.